The molecule has 0 saturated carbocycles. The average molecular weight is 280 g/mol. The molecule has 5 nitrogen and oxygen atoms in total. The number of benzene rings is 2. The number of aldehydes is 1. The van der Waals surface area contributed by atoms with Gasteiger partial charge in [-0.15, -0.1) is 0 Å². The van der Waals surface area contributed by atoms with E-state index in [1.807, 2.05) is 30.3 Å². The molecule has 2 N–H and O–H groups in total. The first-order chi connectivity index (χ1) is 10.2. The first-order valence-corrected chi connectivity index (χ1v) is 6.34. The largest absolute Gasteiger partial charge is 0.493 e. The van der Waals surface area contributed by atoms with Gasteiger partial charge in [-0.05, 0) is 23.3 Å². The molecule has 5 heteroatoms. The highest BCUT2D eigenvalue weighted by atomic mass is 16.3. The van der Waals surface area contributed by atoms with Crippen LogP contribution in [0.4, 0.5) is 0 Å². The van der Waals surface area contributed by atoms with Gasteiger partial charge < -0.3 is 5.11 Å². The van der Waals surface area contributed by atoms with Gasteiger partial charge >= 0.3 is 5.69 Å². The molecular weight excluding hydrogens is 268 g/mol. The predicted octanol–water partition coefficient (Wildman–Crippen LogP) is 2.35. The molecule has 3 aromatic rings. The molecule has 1 aromatic heterocycles. The maximum atomic E-state index is 11.7. The van der Waals surface area contributed by atoms with Gasteiger partial charge in [0.1, 0.15) is 6.29 Å². The van der Waals surface area contributed by atoms with Crippen molar-refractivity contribution >= 4 is 6.29 Å². The van der Waals surface area contributed by atoms with E-state index in [2.05, 4.69) is 4.98 Å². The Kier molecular flexibility index (Phi) is 3.16. The lowest BCUT2D eigenvalue weighted by atomic mass is 10.0. The van der Waals surface area contributed by atoms with E-state index in [1.54, 1.807) is 18.2 Å². The summed E-state index contributed by atoms with van der Waals surface area (Å²) in [4.78, 5) is 24.7. The minimum absolute atomic E-state index is 0.180. The quantitative estimate of drug-likeness (QED) is 0.723. The van der Waals surface area contributed by atoms with Gasteiger partial charge in [-0.3, -0.25) is 14.3 Å². The second-order valence-corrected chi connectivity index (χ2v) is 4.60. The number of hydrogen-bond donors (Lipinski definition) is 2. The Bertz CT molecular complexity index is 844. The van der Waals surface area contributed by atoms with Crippen molar-refractivity contribution in [2.75, 3.05) is 0 Å². The van der Waals surface area contributed by atoms with Crippen LogP contribution in [0.2, 0.25) is 0 Å². The third-order valence-electron chi connectivity index (χ3n) is 3.21. The molecule has 0 aliphatic heterocycles. The van der Waals surface area contributed by atoms with Gasteiger partial charge in [0.2, 0.25) is 5.88 Å². The molecular formula is C16H12N2O3. The molecule has 3 rings (SSSR count). The summed E-state index contributed by atoms with van der Waals surface area (Å²) in [5.74, 6) is -0.180. The Hall–Kier alpha value is -3.08. The Morgan fingerprint density at radius 1 is 1.05 bits per heavy atom. The molecule has 21 heavy (non-hydrogen) atoms. The summed E-state index contributed by atoms with van der Waals surface area (Å²) in [5, 5.41) is 9.33. The van der Waals surface area contributed by atoms with E-state index in [9.17, 15) is 14.7 Å². The molecule has 104 valence electrons. The Labute approximate surface area is 120 Å². The lowest BCUT2D eigenvalue weighted by molar-refractivity contribution is 0.112. The molecule has 0 radical (unpaired) electrons. The van der Waals surface area contributed by atoms with E-state index >= 15 is 0 Å². The SMILES string of the molecule is O=Cc1ccc(-c2cccc(-n3cc(O)[nH]c3=O)c2)cc1. The standard InChI is InChI=1S/C16H12N2O3/c19-10-11-4-6-12(7-5-11)13-2-1-3-14(8-13)18-9-15(20)17-16(18)21/h1-10,20H,(H,17,21). The van der Waals surface area contributed by atoms with Crippen LogP contribution in [-0.4, -0.2) is 20.9 Å². The van der Waals surface area contributed by atoms with Crippen LogP contribution in [0.5, 0.6) is 5.88 Å². The van der Waals surface area contributed by atoms with E-state index in [0.717, 1.165) is 17.4 Å². The van der Waals surface area contributed by atoms with Crippen LogP contribution in [0.15, 0.2) is 59.5 Å². The normalized spacial score (nSPS) is 10.5. The Morgan fingerprint density at radius 3 is 2.43 bits per heavy atom. The zero-order valence-electron chi connectivity index (χ0n) is 11.0. The minimum Gasteiger partial charge on any atom is -0.493 e. The van der Waals surface area contributed by atoms with E-state index in [4.69, 9.17) is 0 Å². The van der Waals surface area contributed by atoms with Crippen molar-refractivity contribution in [2.24, 2.45) is 0 Å². The summed E-state index contributed by atoms with van der Waals surface area (Å²) in [7, 11) is 0. The third-order valence-corrected chi connectivity index (χ3v) is 3.21. The fraction of sp³-hybridized carbons (Fsp3) is 0. The summed E-state index contributed by atoms with van der Waals surface area (Å²) in [5.41, 5.74) is 2.71. The monoisotopic (exact) mass is 280 g/mol. The fourth-order valence-corrected chi connectivity index (χ4v) is 2.16. The first kappa shape index (κ1) is 12.9. The summed E-state index contributed by atoms with van der Waals surface area (Å²) in [6.07, 6.45) is 2.12. The van der Waals surface area contributed by atoms with Gasteiger partial charge in [-0.1, -0.05) is 36.4 Å². The molecule has 0 amide bonds. The number of aromatic hydroxyl groups is 1. The van der Waals surface area contributed by atoms with Crippen LogP contribution in [-0.2, 0) is 0 Å². The zero-order valence-corrected chi connectivity index (χ0v) is 11.0. The fourth-order valence-electron chi connectivity index (χ4n) is 2.16. The van der Waals surface area contributed by atoms with Crippen LogP contribution >= 0.6 is 0 Å². The highest BCUT2D eigenvalue weighted by Crippen LogP contribution is 2.22. The molecule has 0 bridgehead atoms. The van der Waals surface area contributed by atoms with Crippen molar-refractivity contribution < 1.29 is 9.90 Å². The number of carbonyl (C=O) groups is 1. The summed E-state index contributed by atoms with van der Waals surface area (Å²) < 4.78 is 1.33. The first-order valence-electron chi connectivity index (χ1n) is 6.34. The lowest BCUT2D eigenvalue weighted by Gasteiger charge is -2.06. The van der Waals surface area contributed by atoms with Crippen molar-refractivity contribution in [3.8, 4) is 22.7 Å². The summed E-state index contributed by atoms with van der Waals surface area (Å²) in [6, 6.07) is 14.5. The highest BCUT2D eigenvalue weighted by Gasteiger charge is 2.05. The maximum Gasteiger partial charge on any atom is 0.332 e. The van der Waals surface area contributed by atoms with Gasteiger partial charge in [0.25, 0.3) is 0 Å². The molecule has 0 spiro atoms. The van der Waals surface area contributed by atoms with E-state index in [0.29, 0.717) is 11.3 Å². The summed E-state index contributed by atoms with van der Waals surface area (Å²) >= 11 is 0. The third kappa shape index (κ3) is 2.49. The minimum atomic E-state index is -0.402. The number of imidazole rings is 1. The zero-order chi connectivity index (χ0) is 14.8. The van der Waals surface area contributed by atoms with Crippen molar-refractivity contribution in [3.05, 3.63) is 70.8 Å². The second-order valence-electron chi connectivity index (χ2n) is 4.60. The lowest BCUT2D eigenvalue weighted by Crippen LogP contribution is -2.13. The van der Waals surface area contributed by atoms with Crippen LogP contribution < -0.4 is 5.69 Å². The molecule has 0 fully saturated rings. The number of H-pyrrole nitrogens is 1. The predicted molar refractivity (Wildman–Crippen MR) is 78.9 cm³/mol. The molecule has 0 saturated heterocycles. The van der Waals surface area contributed by atoms with Gasteiger partial charge in [0.15, 0.2) is 0 Å². The van der Waals surface area contributed by atoms with Crippen LogP contribution in [0.25, 0.3) is 16.8 Å². The van der Waals surface area contributed by atoms with Gasteiger partial charge in [-0.2, -0.15) is 0 Å². The van der Waals surface area contributed by atoms with Crippen LogP contribution in [0.3, 0.4) is 0 Å². The van der Waals surface area contributed by atoms with E-state index < -0.39 is 5.69 Å². The van der Waals surface area contributed by atoms with Crippen molar-refractivity contribution in [2.45, 2.75) is 0 Å². The van der Waals surface area contributed by atoms with E-state index in [1.165, 1.54) is 10.8 Å². The molecule has 1 heterocycles. The van der Waals surface area contributed by atoms with Crippen molar-refractivity contribution in [1.29, 1.82) is 0 Å². The summed E-state index contributed by atoms with van der Waals surface area (Å²) in [6.45, 7) is 0. The smallest absolute Gasteiger partial charge is 0.332 e. The number of nitrogens with zero attached hydrogens (tertiary/aromatic N) is 1. The number of hydrogen-bond acceptors (Lipinski definition) is 3. The average Bonchev–Trinajstić information content (AvgIpc) is 2.86. The topological polar surface area (TPSA) is 75.1 Å². The molecule has 0 aliphatic carbocycles. The Morgan fingerprint density at radius 2 is 1.81 bits per heavy atom. The number of carbonyl (C=O) groups excluding carboxylic acids is 1. The van der Waals surface area contributed by atoms with Gasteiger partial charge in [0.05, 0.1) is 11.9 Å². The number of aromatic nitrogens is 2. The molecule has 0 unspecified atom stereocenters. The number of rotatable bonds is 3. The number of aromatic amines is 1. The highest BCUT2D eigenvalue weighted by molar-refractivity contribution is 5.77. The molecule has 0 atom stereocenters. The molecule has 0 aliphatic rings. The maximum absolute atomic E-state index is 11.7. The molecule has 2 aromatic carbocycles. The van der Waals surface area contributed by atoms with Gasteiger partial charge in [-0.25, -0.2) is 4.79 Å². The van der Waals surface area contributed by atoms with Crippen molar-refractivity contribution in [1.82, 2.24) is 9.55 Å². The Balaban J connectivity index is 2.05. The van der Waals surface area contributed by atoms with E-state index in [-0.39, 0.29) is 5.88 Å². The van der Waals surface area contributed by atoms with Crippen molar-refractivity contribution in [3.63, 3.8) is 0 Å². The number of nitrogens with one attached hydrogen (secondary N) is 1. The van der Waals surface area contributed by atoms with Crippen LogP contribution in [0.1, 0.15) is 10.4 Å². The second kappa shape index (κ2) is 5.13. The van der Waals surface area contributed by atoms with Gasteiger partial charge in [0, 0.05) is 5.56 Å². The van der Waals surface area contributed by atoms with Crippen LogP contribution in [0, 0.1) is 0 Å².